The maximum absolute atomic E-state index is 12.0. The van der Waals surface area contributed by atoms with Crippen molar-refractivity contribution in [2.75, 3.05) is 13.1 Å². The van der Waals surface area contributed by atoms with E-state index in [9.17, 15) is 8.78 Å². The maximum atomic E-state index is 12.0. The molecule has 1 aromatic rings. The molecular formula is C14H21ClF2N2O. The second-order valence-electron chi connectivity index (χ2n) is 4.88. The Bertz CT molecular complexity index is 389. The third-order valence-electron chi connectivity index (χ3n) is 3.56. The lowest BCUT2D eigenvalue weighted by Gasteiger charge is -2.35. The number of nitrogens with zero attached hydrogens (tertiary/aromatic N) is 1. The number of benzene rings is 1. The van der Waals surface area contributed by atoms with Crippen molar-refractivity contribution in [3.05, 3.63) is 29.8 Å². The molecule has 0 spiro atoms. The van der Waals surface area contributed by atoms with Gasteiger partial charge in [-0.25, -0.2) is 0 Å². The van der Waals surface area contributed by atoms with E-state index in [1.54, 1.807) is 12.1 Å². The van der Waals surface area contributed by atoms with Gasteiger partial charge in [0, 0.05) is 19.1 Å². The fourth-order valence-electron chi connectivity index (χ4n) is 2.55. The molecule has 1 aliphatic rings. The molecule has 3 nitrogen and oxygen atoms in total. The van der Waals surface area contributed by atoms with Crippen LogP contribution >= 0.6 is 12.4 Å². The highest BCUT2D eigenvalue weighted by atomic mass is 35.5. The monoisotopic (exact) mass is 306 g/mol. The van der Waals surface area contributed by atoms with E-state index in [0.29, 0.717) is 12.6 Å². The van der Waals surface area contributed by atoms with Crippen LogP contribution in [0.5, 0.6) is 5.75 Å². The van der Waals surface area contributed by atoms with E-state index in [2.05, 4.69) is 9.64 Å². The molecular weight excluding hydrogens is 286 g/mol. The Morgan fingerprint density at radius 1 is 1.25 bits per heavy atom. The van der Waals surface area contributed by atoms with Gasteiger partial charge >= 0.3 is 6.61 Å². The molecule has 1 heterocycles. The zero-order chi connectivity index (χ0) is 13.7. The molecule has 6 heteroatoms. The van der Waals surface area contributed by atoms with Crippen LogP contribution in [-0.2, 0) is 6.54 Å². The summed E-state index contributed by atoms with van der Waals surface area (Å²) in [6, 6.07) is 7.27. The fraction of sp³-hybridized carbons (Fsp3) is 0.571. The SMILES string of the molecule is Cl.NCC1CCCCN1Cc1ccc(OC(F)F)cc1. The largest absolute Gasteiger partial charge is 0.435 e. The van der Waals surface area contributed by atoms with E-state index >= 15 is 0 Å². The standard InChI is InChI=1S/C14H20F2N2O.ClH/c15-14(16)19-13-6-4-11(5-7-13)10-18-8-2-1-3-12(18)9-17;/h4-7,12,14H,1-3,8-10,17H2;1H. The van der Waals surface area contributed by atoms with Crippen molar-refractivity contribution in [3.8, 4) is 5.75 Å². The van der Waals surface area contributed by atoms with Crippen molar-refractivity contribution in [2.24, 2.45) is 5.73 Å². The Labute approximate surface area is 124 Å². The van der Waals surface area contributed by atoms with Gasteiger partial charge in [0.05, 0.1) is 0 Å². The lowest BCUT2D eigenvalue weighted by molar-refractivity contribution is -0.0498. The van der Waals surface area contributed by atoms with E-state index in [0.717, 1.165) is 25.1 Å². The first-order chi connectivity index (χ1) is 9.19. The number of ether oxygens (including phenoxy) is 1. The van der Waals surface area contributed by atoms with Crippen molar-refractivity contribution in [3.63, 3.8) is 0 Å². The number of halogens is 3. The predicted octanol–water partition coefficient (Wildman–Crippen LogP) is 3.02. The van der Waals surface area contributed by atoms with Crippen LogP contribution in [0.1, 0.15) is 24.8 Å². The number of nitrogens with two attached hydrogens (primary N) is 1. The van der Waals surface area contributed by atoms with Gasteiger partial charge < -0.3 is 10.5 Å². The first-order valence-corrected chi connectivity index (χ1v) is 6.67. The first-order valence-electron chi connectivity index (χ1n) is 6.67. The molecule has 1 saturated heterocycles. The van der Waals surface area contributed by atoms with Crippen LogP contribution in [0, 0.1) is 0 Å². The van der Waals surface area contributed by atoms with Gasteiger partial charge in [-0.15, -0.1) is 12.4 Å². The minimum absolute atomic E-state index is 0. The summed E-state index contributed by atoms with van der Waals surface area (Å²) >= 11 is 0. The van der Waals surface area contributed by atoms with Gasteiger partial charge in [-0.2, -0.15) is 8.78 Å². The highest BCUT2D eigenvalue weighted by Gasteiger charge is 2.20. The number of alkyl halides is 2. The van der Waals surface area contributed by atoms with Crippen molar-refractivity contribution < 1.29 is 13.5 Å². The first kappa shape index (κ1) is 17.1. The molecule has 1 aliphatic heterocycles. The van der Waals surface area contributed by atoms with Crippen LogP contribution in [0.4, 0.5) is 8.78 Å². The van der Waals surface area contributed by atoms with Gasteiger partial charge in [0.2, 0.25) is 0 Å². The van der Waals surface area contributed by atoms with E-state index < -0.39 is 6.61 Å². The summed E-state index contributed by atoms with van der Waals surface area (Å²) in [7, 11) is 0. The Kier molecular flexibility index (Phi) is 7.19. The molecule has 1 atom stereocenters. The van der Waals surface area contributed by atoms with E-state index in [1.165, 1.54) is 12.8 Å². The normalized spacial score (nSPS) is 19.7. The van der Waals surface area contributed by atoms with Crippen LogP contribution in [0.15, 0.2) is 24.3 Å². The maximum Gasteiger partial charge on any atom is 0.387 e. The lowest BCUT2D eigenvalue weighted by Crippen LogP contribution is -2.43. The molecule has 0 bridgehead atoms. The van der Waals surface area contributed by atoms with E-state index in [-0.39, 0.29) is 18.2 Å². The highest BCUT2D eigenvalue weighted by molar-refractivity contribution is 5.85. The average molecular weight is 307 g/mol. The summed E-state index contributed by atoms with van der Waals surface area (Å²) in [6.45, 7) is -0.227. The summed E-state index contributed by atoms with van der Waals surface area (Å²) in [4.78, 5) is 2.37. The molecule has 1 fully saturated rings. The van der Waals surface area contributed by atoms with Crippen molar-refractivity contribution in [2.45, 2.75) is 38.5 Å². The molecule has 0 amide bonds. The zero-order valence-corrected chi connectivity index (χ0v) is 12.1. The third-order valence-corrected chi connectivity index (χ3v) is 3.56. The van der Waals surface area contributed by atoms with Crippen LogP contribution in [0.25, 0.3) is 0 Å². The van der Waals surface area contributed by atoms with Gasteiger partial charge in [-0.3, -0.25) is 4.90 Å². The Hall–Kier alpha value is -0.910. The minimum atomic E-state index is -2.77. The zero-order valence-electron chi connectivity index (χ0n) is 11.3. The van der Waals surface area contributed by atoms with Gasteiger partial charge in [0.25, 0.3) is 0 Å². The Balaban J connectivity index is 0.00000200. The second kappa shape index (κ2) is 8.39. The van der Waals surface area contributed by atoms with Crippen molar-refractivity contribution in [1.82, 2.24) is 4.90 Å². The Morgan fingerprint density at radius 2 is 1.95 bits per heavy atom. The average Bonchev–Trinajstić information content (AvgIpc) is 2.41. The molecule has 1 unspecified atom stereocenters. The van der Waals surface area contributed by atoms with Crippen LogP contribution in [0.2, 0.25) is 0 Å². The fourth-order valence-corrected chi connectivity index (χ4v) is 2.55. The van der Waals surface area contributed by atoms with E-state index in [4.69, 9.17) is 5.73 Å². The molecule has 1 aromatic carbocycles. The van der Waals surface area contributed by atoms with Crippen LogP contribution < -0.4 is 10.5 Å². The number of rotatable bonds is 5. The topological polar surface area (TPSA) is 38.5 Å². The summed E-state index contributed by atoms with van der Waals surface area (Å²) in [5, 5.41) is 0. The Morgan fingerprint density at radius 3 is 2.55 bits per heavy atom. The third kappa shape index (κ3) is 4.89. The lowest BCUT2D eigenvalue weighted by atomic mass is 10.0. The number of piperidine rings is 1. The predicted molar refractivity (Wildman–Crippen MR) is 77.4 cm³/mol. The molecule has 20 heavy (non-hydrogen) atoms. The molecule has 0 saturated carbocycles. The molecule has 114 valence electrons. The second-order valence-corrected chi connectivity index (χ2v) is 4.88. The van der Waals surface area contributed by atoms with Gasteiger partial charge in [0.1, 0.15) is 5.75 Å². The van der Waals surface area contributed by atoms with Crippen LogP contribution in [-0.4, -0.2) is 30.6 Å². The number of likely N-dealkylation sites (tertiary alicyclic amines) is 1. The summed E-state index contributed by atoms with van der Waals surface area (Å²) < 4.78 is 28.4. The molecule has 2 rings (SSSR count). The van der Waals surface area contributed by atoms with Crippen molar-refractivity contribution in [1.29, 1.82) is 0 Å². The molecule has 0 radical (unpaired) electrons. The quantitative estimate of drug-likeness (QED) is 0.909. The number of hydrogen-bond acceptors (Lipinski definition) is 3. The summed E-state index contributed by atoms with van der Waals surface area (Å²) in [5.41, 5.74) is 6.88. The minimum Gasteiger partial charge on any atom is -0.435 e. The molecule has 2 N–H and O–H groups in total. The van der Waals surface area contributed by atoms with Crippen LogP contribution in [0.3, 0.4) is 0 Å². The summed E-state index contributed by atoms with van der Waals surface area (Å²) in [6.07, 6.45) is 3.58. The van der Waals surface area contributed by atoms with E-state index in [1.807, 2.05) is 12.1 Å². The number of hydrogen-bond donors (Lipinski definition) is 1. The highest BCUT2D eigenvalue weighted by Crippen LogP contribution is 2.21. The smallest absolute Gasteiger partial charge is 0.387 e. The molecule has 0 aliphatic carbocycles. The van der Waals surface area contributed by atoms with Gasteiger partial charge in [-0.05, 0) is 37.1 Å². The van der Waals surface area contributed by atoms with Gasteiger partial charge in [-0.1, -0.05) is 18.6 Å². The van der Waals surface area contributed by atoms with Crippen molar-refractivity contribution >= 4 is 12.4 Å². The summed E-state index contributed by atoms with van der Waals surface area (Å²) in [5.74, 6) is 0.202. The van der Waals surface area contributed by atoms with Gasteiger partial charge in [0.15, 0.2) is 0 Å². The molecule has 0 aromatic heterocycles.